The van der Waals surface area contributed by atoms with Crippen LogP contribution >= 0.6 is 22.6 Å². The van der Waals surface area contributed by atoms with E-state index in [0.717, 1.165) is 11.4 Å². The largest absolute Gasteiger partial charge is 0.450 e. The van der Waals surface area contributed by atoms with Crippen LogP contribution < -0.4 is 10.1 Å². The number of nitrogens with one attached hydrogen (secondary N) is 1. The van der Waals surface area contributed by atoms with E-state index in [-0.39, 0.29) is 18.2 Å². The van der Waals surface area contributed by atoms with Gasteiger partial charge in [-0.05, 0) is 36.8 Å². The number of anilines is 1. The van der Waals surface area contributed by atoms with Gasteiger partial charge in [0, 0.05) is 35.8 Å². The summed E-state index contributed by atoms with van der Waals surface area (Å²) in [5.41, 5.74) is 1.52. The highest BCUT2D eigenvalue weighted by Gasteiger charge is 2.16. The Hall–Kier alpha value is -2.68. The van der Waals surface area contributed by atoms with E-state index in [4.69, 9.17) is 4.74 Å². The van der Waals surface area contributed by atoms with Gasteiger partial charge < -0.3 is 14.6 Å². The summed E-state index contributed by atoms with van der Waals surface area (Å²) < 4.78 is 12.1. The smallest absolute Gasteiger partial charge is 0.322 e. The summed E-state index contributed by atoms with van der Waals surface area (Å²) in [6, 6.07) is 4.08. The van der Waals surface area contributed by atoms with Gasteiger partial charge in [0.25, 0.3) is 0 Å². The first-order valence-electron chi connectivity index (χ1n) is 8.61. The number of rotatable bonds is 6. The van der Waals surface area contributed by atoms with Crippen molar-refractivity contribution in [3.8, 4) is 27.4 Å². The Labute approximate surface area is 177 Å². The average Bonchev–Trinajstić information content (AvgIpc) is 3.29. The van der Waals surface area contributed by atoms with Crippen LogP contribution in [0.5, 0.6) is 6.01 Å². The maximum Gasteiger partial charge on any atom is 0.322 e. The Balaban J connectivity index is 1.82. The van der Waals surface area contributed by atoms with Crippen molar-refractivity contribution in [1.29, 1.82) is 0 Å². The van der Waals surface area contributed by atoms with Gasteiger partial charge in [-0.1, -0.05) is 11.1 Å². The van der Waals surface area contributed by atoms with Crippen LogP contribution in [0.3, 0.4) is 0 Å². The highest BCUT2D eigenvalue weighted by molar-refractivity contribution is 14.1. The van der Waals surface area contributed by atoms with Gasteiger partial charge in [-0.25, -0.2) is 4.68 Å². The maximum atomic E-state index is 5.54. The lowest BCUT2D eigenvalue weighted by Crippen LogP contribution is -2.22. The molecule has 0 radical (unpaired) electrons. The second-order valence-electron chi connectivity index (χ2n) is 7.01. The fourth-order valence-corrected chi connectivity index (χ4v) is 2.47. The minimum absolute atomic E-state index is 0.126. The third kappa shape index (κ3) is 4.98. The topological polar surface area (TPSA) is 95.6 Å². The van der Waals surface area contributed by atoms with Crippen LogP contribution in [-0.2, 0) is 19.1 Å². The molecule has 0 saturated heterocycles. The van der Waals surface area contributed by atoms with Crippen molar-refractivity contribution in [1.82, 2.24) is 34.5 Å². The molecule has 0 amide bonds. The molecular formula is C18H21IN8O. The van der Waals surface area contributed by atoms with E-state index in [9.17, 15) is 0 Å². The van der Waals surface area contributed by atoms with Crippen molar-refractivity contribution in [3.05, 3.63) is 30.2 Å². The molecule has 1 N–H and O–H groups in total. The van der Waals surface area contributed by atoms with Crippen LogP contribution in [0.25, 0.3) is 11.5 Å². The predicted molar refractivity (Wildman–Crippen MR) is 114 cm³/mol. The lowest BCUT2D eigenvalue weighted by atomic mass is 10.1. The minimum atomic E-state index is -0.126. The SMILES string of the molecule is Cn1cccc1-c1nc(NCc2cn(C(C)(C)C)nn2)nc(OCC#CI)n1. The Morgan fingerprint density at radius 2 is 2.07 bits per heavy atom. The number of aryl methyl sites for hydroxylation is 1. The van der Waals surface area contributed by atoms with E-state index < -0.39 is 0 Å². The molecule has 3 heterocycles. The van der Waals surface area contributed by atoms with E-state index in [0.29, 0.717) is 18.3 Å². The second-order valence-corrected chi connectivity index (χ2v) is 7.55. The zero-order chi connectivity index (χ0) is 20.1. The van der Waals surface area contributed by atoms with Crippen molar-refractivity contribution in [2.24, 2.45) is 7.05 Å². The highest BCUT2D eigenvalue weighted by atomic mass is 127. The van der Waals surface area contributed by atoms with Crippen LogP contribution in [0.2, 0.25) is 0 Å². The Bertz CT molecular complexity index is 1010. The molecule has 0 saturated carbocycles. The summed E-state index contributed by atoms with van der Waals surface area (Å²) in [5, 5.41) is 11.5. The zero-order valence-corrected chi connectivity index (χ0v) is 18.3. The molecule has 3 aromatic rings. The van der Waals surface area contributed by atoms with Crippen molar-refractivity contribution in [2.45, 2.75) is 32.9 Å². The molecule has 0 fully saturated rings. The average molecular weight is 492 g/mol. The Morgan fingerprint density at radius 3 is 2.71 bits per heavy atom. The van der Waals surface area contributed by atoms with Crippen LogP contribution in [0.1, 0.15) is 26.5 Å². The first-order valence-corrected chi connectivity index (χ1v) is 9.69. The van der Waals surface area contributed by atoms with Crippen molar-refractivity contribution >= 4 is 28.5 Å². The lowest BCUT2D eigenvalue weighted by molar-refractivity contribution is 0.339. The van der Waals surface area contributed by atoms with Gasteiger partial charge in [0.15, 0.2) is 12.4 Å². The molecule has 0 aromatic carbocycles. The molecule has 146 valence electrons. The monoisotopic (exact) mass is 492 g/mol. The van der Waals surface area contributed by atoms with Crippen LogP contribution in [-0.4, -0.2) is 41.1 Å². The number of nitrogens with zero attached hydrogens (tertiary/aromatic N) is 7. The minimum Gasteiger partial charge on any atom is -0.450 e. The molecule has 0 aliphatic carbocycles. The van der Waals surface area contributed by atoms with Gasteiger partial charge in [-0.2, -0.15) is 15.0 Å². The summed E-state index contributed by atoms with van der Waals surface area (Å²) in [5.74, 6) is 3.74. The van der Waals surface area contributed by atoms with E-state index >= 15 is 0 Å². The molecule has 0 bridgehead atoms. The van der Waals surface area contributed by atoms with Gasteiger partial charge in [-0.15, -0.1) is 5.10 Å². The van der Waals surface area contributed by atoms with E-state index in [1.54, 1.807) is 0 Å². The molecule has 0 aliphatic rings. The number of hydrogen-bond donors (Lipinski definition) is 1. The molecule has 0 aliphatic heterocycles. The molecule has 3 rings (SSSR count). The summed E-state index contributed by atoms with van der Waals surface area (Å²) in [6.07, 6.45) is 3.83. The molecular weight excluding hydrogens is 471 g/mol. The van der Waals surface area contributed by atoms with Crippen LogP contribution in [0.4, 0.5) is 5.95 Å². The van der Waals surface area contributed by atoms with Gasteiger partial charge in [-0.3, -0.25) is 0 Å². The summed E-state index contributed by atoms with van der Waals surface area (Å²) in [7, 11) is 1.93. The molecule has 0 unspecified atom stereocenters. The van der Waals surface area contributed by atoms with Crippen LogP contribution in [0, 0.1) is 9.85 Å². The third-order valence-electron chi connectivity index (χ3n) is 3.78. The Kier molecular flexibility index (Phi) is 6.13. The van der Waals surface area contributed by atoms with Gasteiger partial charge >= 0.3 is 6.01 Å². The van der Waals surface area contributed by atoms with E-state index in [1.165, 1.54) is 0 Å². The van der Waals surface area contributed by atoms with Crippen LogP contribution in [0.15, 0.2) is 24.5 Å². The fraction of sp³-hybridized carbons (Fsp3) is 0.389. The summed E-state index contributed by atoms with van der Waals surface area (Å²) >= 11 is 1.96. The van der Waals surface area contributed by atoms with Crippen molar-refractivity contribution in [3.63, 3.8) is 0 Å². The quantitative estimate of drug-likeness (QED) is 0.418. The second kappa shape index (κ2) is 8.55. The molecule has 0 atom stereocenters. The Morgan fingerprint density at radius 1 is 1.25 bits per heavy atom. The molecule has 9 nitrogen and oxygen atoms in total. The molecule has 3 aromatic heterocycles. The zero-order valence-electron chi connectivity index (χ0n) is 16.1. The van der Waals surface area contributed by atoms with E-state index in [1.807, 2.05) is 63.4 Å². The fourth-order valence-electron chi connectivity index (χ4n) is 2.31. The predicted octanol–water partition coefficient (Wildman–Crippen LogP) is 2.61. The summed E-state index contributed by atoms with van der Waals surface area (Å²) in [6.45, 7) is 6.84. The van der Waals surface area contributed by atoms with Gasteiger partial charge in [0.05, 0.1) is 24.0 Å². The number of aromatic nitrogens is 7. The molecule has 28 heavy (non-hydrogen) atoms. The standard InChI is InChI=1S/C18H21IN8O/c1-18(2,3)27-12-13(24-25-27)11-20-16-21-15(14-7-5-9-26(14)4)22-17(23-16)28-10-6-8-19/h5,7,9,12H,10-11H2,1-4H3,(H,20,21,22,23). The number of hydrogen-bond acceptors (Lipinski definition) is 7. The highest BCUT2D eigenvalue weighted by Crippen LogP contribution is 2.19. The third-order valence-corrected chi connectivity index (χ3v) is 4.17. The molecule has 10 heteroatoms. The number of ether oxygens (including phenoxy) is 1. The van der Waals surface area contributed by atoms with Crippen molar-refractivity contribution < 1.29 is 4.74 Å². The van der Waals surface area contributed by atoms with Crippen molar-refractivity contribution in [2.75, 3.05) is 11.9 Å². The van der Waals surface area contributed by atoms with Gasteiger partial charge in [0.2, 0.25) is 5.95 Å². The van der Waals surface area contributed by atoms with Gasteiger partial charge in [0.1, 0.15) is 5.69 Å². The maximum absolute atomic E-state index is 5.54. The molecule has 0 spiro atoms. The number of halogens is 1. The normalized spacial score (nSPS) is 11.0. The lowest BCUT2D eigenvalue weighted by Gasteiger charge is -2.17. The first-order chi connectivity index (χ1) is 13.4. The summed E-state index contributed by atoms with van der Waals surface area (Å²) in [4.78, 5) is 13.2. The van der Waals surface area contributed by atoms with E-state index in [2.05, 4.69) is 61.2 Å². The first kappa shape index (κ1) is 20.1.